The Morgan fingerprint density at radius 1 is 1.29 bits per heavy atom. The number of unbranched alkanes of at least 4 members (excludes halogenated alkanes) is 1. The van der Waals surface area contributed by atoms with Gasteiger partial charge in [0, 0.05) is 12.3 Å². The van der Waals surface area contributed by atoms with Gasteiger partial charge in [-0.2, -0.15) is 0 Å². The molecule has 1 aromatic carbocycles. The highest BCUT2D eigenvalue weighted by Crippen LogP contribution is 2.26. The molecular formula is C24H33FO6. The second kappa shape index (κ2) is 13.2. The lowest BCUT2D eigenvalue weighted by atomic mass is 9.94. The second-order valence-electron chi connectivity index (χ2n) is 7.88. The normalized spacial score (nSPS) is 22.5. The molecule has 7 heteroatoms. The van der Waals surface area contributed by atoms with Crippen LogP contribution in [0.1, 0.15) is 39.5 Å². The van der Waals surface area contributed by atoms with Gasteiger partial charge < -0.3 is 24.4 Å². The number of halogens is 1. The van der Waals surface area contributed by atoms with Crippen molar-refractivity contribution in [2.24, 2.45) is 5.92 Å². The monoisotopic (exact) mass is 436 g/mol. The van der Waals surface area contributed by atoms with Crippen molar-refractivity contribution in [2.45, 2.75) is 63.9 Å². The van der Waals surface area contributed by atoms with Crippen LogP contribution in [0.3, 0.4) is 0 Å². The van der Waals surface area contributed by atoms with Crippen LogP contribution in [0.5, 0.6) is 5.75 Å². The largest absolute Gasteiger partial charge is 0.491 e. The maximum Gasteiger partial charge on any atom is 0.306 e. The van der Waals surface area contributed by atoms with Crippen molar-refractivity contribution in [1.82, 2.24) is 0 Å². The van der Waals surface area contributed by atoms with Gasteiger partial charge in [0.2, 0.25) is 0 Å². The highest BCUT2D eigenvalue weighted by Gasteiger charge is 2.33. The zero-order chi connectivity index (χ0) is 22.6. The average molecular weight is 437 g/mol. The predicted octanol–water partition coefficient (Wildman–Crippen LogP) is 3.57. The van der Waals surface area contributed by atoms with Gasteiger partial charge in [-0.25, -0.2) is 4.39 Å². The summed E-state index contributed by atoms with van der Waals surface area (Å²) >= 11 is 0. The summed E-state index contributed by atoms with van der Waals surface area (Å²) in [7, 11) is 0. The van der Waals surface area contributed by atoms with Gasteiger partial charge in [0.05, 0.1) is 24.9 Å². The van der Waals surface area contributed by atoms with Crippen LogP contribution in [0.15, 0.2) is 48.6 Å². The van der Waals surface area contributed by atoms with Crippen molar-refractivity contribution in [3.05, 3.63) is 54.4 Å². The van der Waals surface area contributed by atoms with Gasteiger partial charge in [-0.05, 0) is 57.4 Å². The van der Waals surface area contributed by atoms with Crippen LogP contribution < -0.4 is 4.74 Å². The topological polar surface area (TPSA) is 85.2 Å². The molecule has 1 heterocycles. The first-order chi connectivity index (χ1) is 14.8. The first-order valence-corrected chi connectivity index (χ1v) is 10.7. The van der Waals surface area contributed by atoms with Gasteiger partial charge in [0.1, 0.15) is 24.3 Å². The van der Waals surface area contributed by atoms with Gasteiger partial charge >= 0.3 is 5.97 Å². The molecule has 172 valence electrons. The van der Waals surface area contributed by atoms with Crippen LogP contribution in [0, 0.1) is 11.7 Å². The Morgan fingerprint density at radius 2 is 2.03 bits per heavy atom. The Balaban J connectivity index is 1.71. The molecule has 0 spiro atoms. The van der Waals surface area contributed by atoms with Gasteiger partial charge in [0.25, 0.3) is 0 Å². The summed E-state index contributed by atoms with van der Waals surface area (Å²) in [6, 6.07) is 5.58. The number of aliphatic hydroxyl groups excluding tert-OH is 2. The molecule has 0 aliphatic carbocycles. The van der Waals surface area contributed by atoms with Crippen molar-refractivity contribution in [1.29, 1.82) is 0 Å². The standard InChI is InChI=1S/C24H33FO6/c1-17(2)31-24(28)8-6-4-3-5-7-21-22(27)16-30-23(21)14-11-19(26)15-29-20-12-9-18(25)10-13-20/h3,5,9-14,17,19,21-23,26-27H,4,6-8,15-16H2,1-2H3/b5-3-,14-11+/t19-,21-,22-,23+/m0/s1. The SMILES string of the molecule is CC(C)OC(=O)CCC/C=C\C[C@H]1[C@@H](O)CO[C@@H]1/C=C/[C@H](O)COc1ccc(F)cc1. The Kier molecular flexibility index (Phi) is 10.7. The third-order valence-electron chi connectivity index (χ3n) is 4.83. The van der Waals surface area contributed by atoms with E-state index < -0.39 is 12.2 Å². The van der Waals surface area contributed by atoms with Crippen LogP contribution in [0.2, 0.25) is 0 Å². The summed E-state index contributed by atoms with van der Waals surface area (Å²) in [6.45, 7) is 3.93. The molecule has 1 saturated heterocycles. The second-order valence-corrected chi connectivity index (χ2v) is 7.88. The summed E-state index contributed by atoms with van der Waals surface area (Å²) in [6.07, 6.45) is 8.00. The Morgan fingerprint density at radius 3 is 2.74 bits per heavy atom. The molecular weight excluding hydrogens is 403 g/mol. The van der Waals surface area contributed by atoms with E-state index in [1.54, 1.807) is 12.2 Å². The molecule has 0 unspecified atom stereocenters. The molecule has 0 bridgehead atoms. The highest BCUT2D eigenvalue weighted by atomic mass is 19.1. The highest BCUT2D eigenvalue weighted by molar-refractivity contribution is 5.69. The fraction of sp³-hybridized carbons (Fsp3) is 0.542. The number of aliphatic hydroxyl groups is 2. The fourth-order valence-electron chi connectivity index (χ4n) is 3.23. The molecule has 0 saturated carbocycles. The van der Waals surface area contributed by atoms with Crippen molar-refractivity contribution in [2.75, 3.05) is 13.2 Å². The molecule has 31 heavy (non-hydrogen) atoms. The summed E-state index contributed by atoms with van der Waals surface area (Å²) in [4.78, 5) is 11.5. The molecule has 1 aromatic rings. The van der Waals surface area contributed by atoms with E-state index in [9.17, 15) is 19.4 Å². The van der Waals surface area contributed by atoms with Crippen molar-refractivity contribution >= 4 is 5.97 Å². The Hall–Kier alpha value is -2.22. The van der Waals surface area contributed by atoms with Crippen LogP contribution in [-0.2, 0) is 14.3 Å². The third kappa shape index (κ3) is 9.63. The van der Waals surface area contributed by atoms with E-state index in [1.165, 1.54) is 24.3 Å². The molecule has 0 aromatic heterocycles. The van der Waals surface area contributed by atoms with Crippen molar-refractivity contribution in [3.63, 3.8) is 0 Å². The molecule has 1 aliphatic rings. The number of rotatable bonds is 12. The first-order valence-electron chi connectivity index (χ1n) is 10.7. The molecule has 2 N–H and O–H groups in total. The Bertz CT molecular complexity index is 715. The van der Waals surface area contributed by atoms with Crippen LogP contribution in [-0.4, -0.2) is 53.8 Å². The molecule has 1 fully saturated rings. The van der Waals surface area contributed by atoms with Crippen molar-refractivity contribution < 1.29 is 33.6 Å². The maximum atomic E-state index is 12.9. The van der Waals surface area contributed by atoms with E-state index >= 15 is 0 Å². The minimum atomic E-state index is -0.854. The van der Waals surface area contributed by atoms with Gasteiger partial charge in [0.15, 0.2) is 0 Å². The number of carbonyl (C=O) groups excluding carboxylic acids is 1. The minimum Gasteiger partial charge on any atom is -0.491 e. The van der Waals surface area contributed by atoms with Crippen LogP contribution in [0.4, 0.5) is 4.39 Å². The number of carbonyl (C=O) groups is 1. The van der Waals surface area contributed by atoms with E-state index in [4.69, 9.17) is 14.2 Å². The minimum absolute atomic E-state index is 0.0290. The van der Waals surface area contributed by atoms with Gasteiger partial charge in [-0.15, -0.1) is 0 Å². The molecule has 4 atom stereocenters. The van der Waals surface area contributed by atoms with E-state index in [0.717, 1.165) is 12.8 Å². The zero-order valence-corrected chi connectivity index (χ0v) is 18.2. The van der Waals surface area contributed by atoms with Gasteiger partial charge in [-0.1, -0.05) is 24.3 Å². The third-order valence-corrected chi connectivity index (χ3v) is 4.83. The predicted molar refractivity (Wildman–Crippen MR) is 115 cm³/mol. The van der Waals surface area contributed by atoms with E-state index in [2.05, 4.69) is 0 Å². The number of esters is 1. The lowest BCUT2D eigenvalue weighted by Crippen LogP contribution is -2.23. The van der Waals surface area contributed by atoms with E-state index in [-0.39, 0.29) is 43.1 Å². The molecule has 2 rings (SSSR count). The number of benzene rings is 1. The Labute approximate surface area is 183 Å². The lowest BCUT2D eigenvalue weighted by Gasteiger charge is -2.16. The average Bonchev–Trinajstić information content (AvgIpc) is 3.07. The first kappa shape index (κ1) is 25.0. The summed E-state index contributed by atoms with van der Waals surface area (Å²) in [5, 5.41) is 20.3. The summed E-state index contributed by atoms with van der Waals surface area (Å²) in [5.41, 5.74) is 0. The lowest BCUT2D eigenvalue weighted by molar-refractivity contribution is -0.147. The number of hydrogen-bond donors (Lipinski definition) is 2. The number of ether oxygens (including phenoxy) is 3. The summed E-state index contributed by atoms with van der Waals surface area (Å²) in [5.74, 6) is -0.167. The molecule has 6 nitrogen and oxygen atoms in total. The fourth-order valence-corrected chi connectivity index (χ4v) is 3.23. The molecule has 0 radical (unpaired) electrons. The van der Waals surface area contributed by atoms with E-state index in [1.807, 2.05) is 26.0 Å². The molecule has 1 aliphatic heterocycles. The van der Waals surface area contributed by atoms with Gasteiger partial charge in [-0.3, -0.25) is 4.79 Å². The molecule has 0 amide bonds. The maximum absolute atomic E-state index is 12.9. The zero-order valence-electron chi connectivity index (χ0n) is 18.2. The van der Waals surface area contributed by atoms with Crippen LogP contribution in [0.25, 0.3) is 0 Å². The van der Waals surface area contributed by atoms with Crippen molar-refractivity contribution in [3.8, 4) is 5.75 Å². The smallest absolute Gasteiger partial charge is 0.306 e. The van der Waals surface area contributed by atoms with Crippen LogP contribution >= 0.6 is 0 Å². The summed E-state index contributed by atoms with van der Waals surface area (Å²) < 4.78 is 29.0. The number of allylic oxidation sites excluding steroid dienone is 2. The number of hydrogen-bond acceptors (Lipinski definition) is 6. The van der Waals surface area contributed by atoms with E-state index in [0.29, 0.717) is 18.6 Å². The quantitative estimate of drug-likeness (QED) is 0.296.